The summed E-state index contributed by atoms with van der Waals surface area (Å²) in [5.74, 6) is 0.412. The quantitative estimate of drug-likeness (QED) is 0.433. The van der Waals surface area contributed by atoms with E-state index in [4.69, 9.17) is 24.7 Å². The van der Waals surface area contributed by atoms with Crippen molar-refractivity contribution in [1.82, 2.24) is 9.55 Å². The number of hydrogen-bond acceptors (Lipinski definition) is 8. The lowest BCUT2D eigenvalue weighted by Gasteiger charge is -2.11. The fourth-order valence-electron chi connectivity index (χ4n) is 3.15. The van der Waals surface area contributed by atoms with Crippen molar-refractivity contribution in [3.63, 3.8) is 0 Å². The van der Waals surface area contributed by atoms with Gasteiger partial charge in [-0.3, -0.25) is 19.0 Å². The number of rotatable bonds is 11. The number of ether oxygens (including phenoxy) is 4. The second-order valence-corrected chi connectivity index (χ2v) is 7.13. The largest absolute Gasteiger partial charge is 0.493 e. The van der Waals surface area contributed by atoms with E-state index in [1.54, 1.807) is 36.4 Å². The number of primary amides is 1. The summed E-state index contributed by atoms with van der Waals surface area (Å²) in [4.78, 5) is 40.0. The van der Waals surface area contributed by atoms with E-state index in [1.807, 2.05) is 0 Å². The molecule has 1 heterocycles. The van der Waals surface area contributed by atoms with E-state index in [1.165, 1.54) is 25.1 Å². The minimum Gasteiger partial charge on any atom is -0.493 e. The molecule has 174 valence electrons. The zero-order valence-corrected chi connectivity index (χ0v) is 18.4. The monoisotopic (exact) mass is 455 g/mol. The first kappa shape index (κ1) is 23.6. The lowest BCUT2D eigenvalue weighted by Crippen LogP contribution is -2.21. The van der Waals surface area contributed by atoms with Gasteiger partial charge in [0.1, 0.15) is 12.4 Å². The summed E-state index contributed by atoms with van der Waals surface area (Å²) in [6.45, 7) is 0.139. The van der Waals surface area contributed by atoms with Crippen LogP contribution < -0.4 is 25.5 Å². The van der Waals surface area contributed by atoms with Gasteiger partial charge in [0, 0.05) is 19.0 Å². The van der Waals surface area contributed by atoms with E-state index in [9.17, 15) is 14.4 Å². The maximum Gasteiger partial charge on any atom is 0.306 e. The van der Waals surface area contributed by atoms with Crippen LogP contribution in [0.5, 0.6) is 17.2 Å². The summed E-state index contributed by atoms with van der Waals surface area (Å²) in [6.07, 6.45) is 1.98. The molecule has 3 aromatic rings. The summed E-state index contributed by atoms with van der Waals surface area (Å²) in [7, 11) is 3.01. The van der Waals surface area contributed by atoms with Crippen LogP contribution in [0.2, 0.25) is 0 Å². The van der Waals surface area contributed by atoms with Crippen LogP contribution in [0, 0.1) is 0 Å². The second kappa shape index (κ2) is 11.0. The van der Waals surface area contributed by atoms with E-state index < -0.39 is 11.9 Å². The standard InChI is InChI=1S/C23H25N3O7/c1-30-19-10-17-18(11-20(19)31-2)25-14-26(23(17)29)8-4-7-22(28)33-12-15-5-3-6-16(9-15)32-13-21(24)27/h3,5-6,9-11,14H,4,7-8,12-13H2,1-2H3,(H2,24,27). The highest BCUT2D eigenvalue weighted by Crippen LogP contribution is 2.29. The maximum absolute atomic E-state index is 12.8. The number of nitrogens with zero attached hydrogens (tertiary/aromatic N) is 2. The number of carbonyl (C=O) groups excluding carboxylic acids is 2. The van der Waals surface area contributed by atoms with Gasteiger partial charge < -0.3 is 24.7 Å². The minimum atomic E-state index is -0.577. The first-order valence-corrected chi connectivity index (χ1v) is 10.2. The normalized spacial score (nSPS) is 10.6. The number of methoxy groups -OCH3 is 2. The van der Waals surface area contributed by atoms with Crippen LogP contribution in [-0.4, -0.2) is 42.3 Å². The van der Waals surface area contributed by atoms with Gasteiger partial charge >= 0.3 is 5.97 Å². The predicted molar refractivity (Wildman–Crippen MR) is 119 cm³/mol. The highest BCUT2D eigenvalue weighted by molar-refractivity contribution is 5.81. The number of amides is 1. The number of carbonyl (C=O) groups is 2. The fourth-order valence-corrected chi connectivity index (χ4v) is 3.15. The minimum absolute atomic E-state index is 0.0612. The highest BCUT2D eigenvalue weighted by Gasteiger charge is 2.12. The molecule has 2 N–H and O–H groups in total. The van der Waals surface area contributed by atoms with E-state index in [0.717, 1.165) is 0 Å². The van der Waals surface area contributed by atoms with E-state index in [2.05, 4.69) is 4.98 Å². The molecule has 0 radical (unpaired) electrons. The molecule has 0 aliphatic rings. The summed E-state index contributed by atoms with van der Waals surface area (Å²) in [6, 6.07) is 10.1. The zero-order valence-electron chi connectivity index (χ0n) is 18.4. The molecule has 0 aliphatic carbocycles. The molecule has 1 amide bonds. The molecule has 10 heteroatoms. The van der Waals surface area contributed by atoms with Gasteiger partial charge in [0.2, 0.25) is 0 Å². The lowest BCUT2D eigenvalue weighted by atomic mass is 10.2. The van der Waals surface area contributed by atoms with Crippen LogP contribution in [0.15, 0.2) is 47.5 Å². The van der Waals surface area contributed by atoms with Crippen molar-refractivity contribution in [2.45, 2.75) is 26.0 Å². The summed E-state index contributed by atoms with van der Waals surface area (Å²) >= 11 is 0. The Labute approximate surface area is 189 Å². The Balaban J connectivity index is 1.54. The van der Waals surface area contributed by atoms with Crippen molar-refractivity contribution in [3.8, 4) is 17.2 Å². The van der Waals surface area contributed by atoms with Crippen molar-refractivity contribution in [1.29, 1.82) is 0 Å². The third-order valence-corrected chi connectivity index (χ3v) is 4.79. The molecular weight excluding hydrogens is 430 g/mol. The Bertz CT molecular complexity index is 1210. The number of nitrogens with two attached hydrogens (primary N) is 1. The van der Waals surface area contributed by atoms with Gasteiger partial charge in [-0.05, 0) is 30.2 Å². The van der Waals surface area contributed by atoms with E-state index in [0.29, 0.717) is 46.7 Å². The Morgan fingerprint density at radius 3 is 2.58 bits per heavy atom. The van der Waals surface area contributed by atoms with Crippen molar-refractivity contribution >= 4 is 22.8 Å². The Hall–Kier alpha value is -4.08. The first-order valence-electron chi connectivity index (χ1n) is 10.2. The molecule has 0 spiro atoms. The average Bonchev–Trinajstić information content (AvgIpc) is 2.82. The van der Waals surface area contributed by atoms with Gasteiger partial charge in [-0.2, -0.15) is 0 Å². The van der Waals surface area contributed by atoms with Crippen LogP contribution in [0.1, 0.15) is 18.4 Å². The number of aromatic nitrogens is 2. The Morgan fingerprint density at radius 2 is 1.85 bits per heavy atom. The topological polar surface area (TPSA) is 132 Å². The molecule has 3 rings (SSSR count). The van der Waals surface area contributed by atoms with Crippen molar-refractivity contribution < 1.29 is 28.5 Å². The van der Waals surface area contributed by atoms with Crippen LogP contribution in [0.4, 0.5) is 0 Å². The lowest BCUT2D eigenvalue weighted by molar-refractivity contribution is -0.145. The Kier molecular flexibility index (Phi) is 7.85. The van der Waals surface area contributed by atoms with Gasteiger partial charge in [-0.1, -0.05) is 12.1 Å². The van der Waals surface area contributed by atoms with Crippen LogP contribution >= 0.6 is 0 Å². The molecule has 0 bridgehead atoms. The number of hydrogen-bond donors (Lipinski definition) is 1. The molecule has 0 aliphatic heterocycles. The number of benzene rings is 2. The molecule has 0 fully saturated rings. The van der Waals surface area contributed by atoms with Crippen molar-refractivity contribution in [2.24, 2.45) is 5.73 Å². The molecule has 0 atom stereocenters. The van der Waals surface area contributed by atoms with Gasteiger partial charge in [-0.15, -0.1) is 0 Å². The summed E-state index contributed by atoms with van der Waals surface area (Å²) in [5, 5.41) is 0.399. The molecular formula is C23H25N3O7. The predicted octanol–water partition coefficient (Wildman–Crippen LogP) is 1.80. The molecule has 2 aromatic carbocycles. The molecule has 10 nitrogen and oxygen atoms in total. The number of aryl methyl sites for hydroxylation is 1. The van der Waals surface area contributed by atoms with Crippen LogP contribution in [0.3, 0.4) is 0 Å². The third-order valence-electron chi connectivity index (χ3n) is 4.79. The van der Waals surface area contributed by atoms with Gasteiger partial charge in [0.25, 0.3) is 11.5 Å². The first-order chi connectivity index (χ1) is 15.9. The maximum atomic E-state index is 12.8. The van der Waals surface area contributed by atoms with Gasteiger partial charge in [0.15, 0.2) is 18.1 Å². The molecule has 0 saturated heterocycles. The molecule has 0 unspecified atom stereocenters. The van der Waals surface area contributed by atoms with Crippen LogP contribution in [-0.2, 0) is 27.5 Å². The van der Waals surface area contributed by atoms with Crippen LogP contribution in [0.25, 0.3) is 10.9 Å². The highest BCUT2D eigenvalue weighted by atomic mass is 16.5. The summed E-state index contributed by atoms with van der Waals surface area (Å²) < 4.78 is 22.5. The molecule has 0 saturated carbocycles. The SMILES string of the molecule is COc1cc2ncn(CCCC(=O)OCc3cccc(OCC(N)=O)c3)c(=O)c2cc1OC. The fraction of sp³-hybridized carbons (Fsp3) is 0.304. The Morgan fingerprint density at radius 1 is 1.09 bits per heavy atom. The van der Waals surface area contributed by atoms with Crippen molar-refractivity contribution in [3.05, 3.63) is 58.6 Å². The van der Waals surface area contributed by atoms with Crippen molar-refractivity contribution in [2.75, 3.05) is 20.8 Å². The third kappa shape index (κ3) is 6.22. The molecule has 1 aromatic heterocycles. The second-order valence-electron chi connectivity index (χ2n) is 7.13. The smallest absolute Gasteiger partial charge is 0.306 e. The average molecular weight is 455 g/mol. The van der Waals surface area contributed by atoms with Gasteiger partial charge in [-0.25, -0.2) is 4.98 Å². The van der Waals surface area contributed by atoms with E-state index in [-0.39, 0.29) is 25.2 Å². The summed E-state index contributed by atoms with van der Waals surface area (Å²) in [5.41, 5.74) is 6.03. The number of esters is 1. The number of fused-ring (bicyclic) bond motifs is 1. The van der Waals surface area contributed by atoms with E-state index >= 15 is 0 Å². The zero-order chi connectivity index (χ0) is 23.8. The van der Waals surface area contributed by atoms with Gasteiger partial charge in [0.05, 0.1) is 31.4 Å². The molecule has 33 heavy (non-hydrogen) atoms.